The minimum Gasteiger partial charge on any atom is -0.361 e. The molecule has 2 heterocycles. The van der Waals surface area contributed by atoms with E-state index in [1.807, 2.05) is 43.0 Å². The van der Waals surface area contributed by atoms with E-state index in [0.717, 1.165) is 54.1 Å². The van der Waals surface area contributed by atoms with Gasteiger partial charge in [0, 0.05) is 17.8 Å². The lowest BCUT2D eigenvalue weighted by Gasteiger charge is -2.25. The molecule has 1 fully saturated rings. The van der Waals surface area contributed by atoms with E-state index in [0.29, 0.717) is 0 Å². The number of nitrogens with one attached hydrogen (secondary N) is 1. The van der Waals surface area contributed by atoms with Gasteiger partial charge in [-0.2, -0.15) is 0 Å². The predicted molar refractivity (Wildman–Crippen MR) is 89.5 cm³/mol. The van der Waals surface area contributed by atoms with E-state index in [9.17, 15) is 4.79 Å². The van der Waals surface area contributed by atoms with E-state index in [1.165, 1.54) is 0 Å². The van der Waals surface area contributed by atoms with Gasteiger partial charge in [-0.05, 0) is 44.7 Å². The predicted octanol–water partition coefficient (Wildman–Crippen LogP) is 4.22. The largest absolute Gasteiger partial charge is 0.361 e. The number of amides is 2. The zero-order valence-electron chi connectivity index (χ0n) is 13.9. The van der Waals surface area contributed by atoms with Crippen LogP contribution in [0.15, 0.2) is 28.8 Å². The zero-order chi connectivity index (χ0) is 16.4. The van der Waals surface area contributed by atoms with Crippen molar-refractivity contribution in [3.05, 3.63) is 46.8 Å². The number of hydrogen-bond acceptors (Lipinski definition) is 3. The number of rotatable bonds is 3. The molecule has 0 aliphatic carbocycles. The van der Waals surface area contributed by atoms with E-state index in [4.69, 9.17) is 4.52 Å². The first-order valence-electron chi connectivity index (χ1n) is 8.20. The lowest BCUT2D eigenvalue weighted by atomic mass is 10.0. The van der Waals surface area contributed by atoms with Gasteiger partial charge >= 0.3 is 6.03 Å². The third-order valence-corrected chi connectivity index (χ3v) is 4.58. The van der Waals surface area contributed by atoms with Crippen LogP contribution in [0.2, 0.25) is 0 Å². The second-order valence-electron chi connectivity index (χ2n) is 6.03. The number of urea groups is 1. The third-order valence-electron chi connectivity index (χ3n) is 4.58. The van der Waals surface area contributed by atoms with Crippen molar-refractivity contribution in [2.75, 3.05) is 11.9 Å². The third kappa shape index (κ3) is 2.96. The summed E-state index contributed by atoms with van der Waals surface area (Å²) in [6, 6.07) is 7.95. The molecular formula is C18H23N3O2. The lowest BCUT2D eigenvalue weighted by molar-refractivity contribution is 0.206. The van der Waals surface area contributed by atoms with E-state index in [2.05, 4.69) is 17.4 Å². The van der Waals surface area contributed by atoms with Crippen molar-refractivity contribution in [3.8, 4) is 0 Å². The van der Waals surface area contributed by atoms with Gasteiger partial charge in [-0.3, -0.25) is 0 Å². The fourth-order valence-corrected chi connectivity index (χ4v) is 3.41. The highest BCUT2D eigenvalue weighted by molar-refractivity contribution is 5.90. The number of anilines is 1. The Labute approximate surface area is 136 Å². The van der Waals surface area contributed by atoms with Gasteiger partial charge in [-0.1, -0.05) is 30.3 Å². The molecule has 0 bridgehead atoms. The first kappa shape index (κ1) is 15.6. The number of benzene rings is 1. The van der Waals surface area contributed by atoms with Crippen LogP contribution in [0.4, 0.5) is 10.5 Å². The van der Waals surface area contributed by atoms with Crippen molar-refractivity contribution in [2.24, 2.45) is 0 Å². The van der Waals surface area contributed by atoms with Gasteiger partial charge in [0.05, 0.1) is 11.7 Å². The molecule has 1 aliphatic rings. The molecule has 122 valence electrons. The molecule has 5 heteroatoms. The number of carbonyl (C=O) groups excluding carboxylic acids is 1. The quantitative estimate of drug-likeness (QED) is 0.923. The second kappa shape index (κ2) is 6.44. The molecule has 1 aromatic carbocycles. The number of nitrogens with zero attached hydrogens (tertiary/aromatic N) is 2. The van der Waals surface area contributed by atoms with Gasteiger partial charge in [0.25, 0.3) is 0 Å². The van der Waals surface area contributed by atoms with Crippen molar-refractivity contribution in [1.29, 1.82) is 0 Å². The van der Waals surface area contributed by atoms with Crippen molar-refractivity contribution in [3.63, 3.8) is 0 Å². The molecule has 0 radical (unpaired) electrons. The van der Waals surface area contributed by atoms with E-state index < -0.39 is 0 Å². The van der Waals surface area contributed by atoms with Crippen molar-refractivity contribution in [1.82, 2.24) is 10.1 Å². The van der Waals surface area contributed by atoms with Crippen LogP contribution >= 0.6 is 0 Å². The van der Waals surface area contributed by atoms with Crippen LogP contribution in [-0.2, 0) is 6.42 Å². The normalized spacial score (nSPS) is 17.5. The average Bonchev–Trinajstić information content (AvgIpc) is 3.14. The summed E-state index contributed by atoms with van der Waals surface area (Å²) >= 11 is 0. The second-order valence-corrected chi connectivity index (χ2v) is 6.03. The molecular weight excluding hydrogens is 290 g/mol. The van der Waals surface area contributed by atoms with Crippen LogP contribution in [-0.4, -0.2) is 22.6 Å². The Kier molecular flexibility index (Phi) is 4.37. The molecule has 1 N–H and O–H groups in total. The fourth-order valence-electron chi connectivity index (χ4n) is 3.41. The summed E-state index contributed by atoms with van der Waals surface area (Å²) in [4.78, 5) is 14.7. The van der Waals surface area contributed by atoms with Crippen LogP contribution < -0.4 is 5.32 Å². The summed E-state index contributed by atoms with van der Waals surface area (Å²) in [5.74, 6) is 0.807. The molecule has 0 spiro atoms. The molecule has 0 saturated carbocycles. The number of likely N-dealkylation sites (tertiary alicyclic amines) is 1. The van der Waals surface area contributed by atoms with Gasteiger partial charge in [0.1, 0.15) is 5.76 Å². The topological polar surface area (TPSA) is 58.4 Å². The molecule has 1 saturated heterocycles. The summed E-state index contributed by atoms with van der Waals surface area (Å²) in [5.41, 5.74) is 3.97. The number of hydrogen-bond donors (Lipinski definition) is 1. The van der Waals surface area contributed by atoms with Gasteiger partial charge < -0.3 is 14.7 Å². The van der Waals surface area contributed by atoms with Crippen molar-refractivity contribution >= 4 is 11.7 Å². The number of aromatic nitrogens is 1. The molecule has 5 nitrogen and oxygen atoms in total. The molecule has 2 aromatic rings. The lowest BCUT2D eigenvalue weighted by Crippen LogP contribution is -2.35. The van der Waals surface area contributed by atoms with Crippen molar-refractivity contribution in [2.45, 2.75) is 46.1 Å². The molecule has 1 atom stereocenters. The van der Waals surface area contributed by atoms with Gasteiger partial charge in [0.15, 0.2) is 0 Å². The SMILES string of the molecule is CCc1ccccc1NC(=O)N1CCC[C@@H]1c1c(C)noc1C. The Bertz CT molecular complexity index is 689. The first-order chi connectivity index (χ1) is 11.1. The van der Waals surface area contributed by atoms with Crippen LogP contribution in [0, 0.1) is 13.8 Å². The Morgan fingerprint density at radius 2 is 2.17 bits per heavy atom. The molecule has 2 amide bonds. The maximum atomic E-state index is 12.8. The van der Waals surface area contributed by atoms with Crippen LogP contribution in [0.25, 0.3) is 0 Å². The van der Waals surface area contributed by atoms with E-state index in [-0.39, 0.29) is 12.1 Å². The highest BCUT2D eigenvalue weighted by Gasteiger charge is 2.33. The molecule has 1 aliphatic heterocycles. The highest BCUT2D eigenvalue weighted by Crippen LogP contribution is 2.36. The summed E-state index contributed by atoms with van der Waals surface area (Å²) in [6.07, 6.45) is 2.84. The maximum Gasteiger partial charge on any atom is 0.322 e. The standard InChI is InChI=1S/C18H23N3O2/c1-4-14-8-5-6-9-15(14)19-18(22)21-11-7-10-16(21)17-12(2)20-23-13(17)3/h5-6,8-9,16H,4,7,10-11H2,1-3H3,(H,19,22)/t16-/m1/s1. The molecule has 0 unspecified atom stereocenters. The summed E-state index contributed by atoms with van der Waals surface area (Å²) in [7, 11) is 0. The minimum absolute atomic E-state index is 0.0478. The smallest absolute Gasteiger partial charge is 0.322 e. The van der Waals surface area contributed by atoms with Crippen LogP contribution in [0.5, 0.6) is 0 Å². The number of carbonyl (C=O) groups is 1. The molecule has 23 heavy (non-hydrogen) atoms. The van der Waals surface area contributed by atoms with Crippen molar-refractivity contribution < 1.29 is 9.32 Å². The first-order valence-corrected chi connectivity index (χ1v) is 8.20. The van der Waals surface area contributed by atoms with Gasteiger partial charge in [-0.25, -0.2) is 4.79 Å². The fraction of sp³-hybridized carbons (Fsp3) is 0.444. The maximum absolute atomic E-state index is 12.8. The number of para-hydroxylation sites is 1. The van der Waals surface area contributed by atoms with Crippen LogP contribution in [0.3, 0.4) is 0 Å². The number of aryl methyl sites for hydroxylation is 3. The summed E-state index contributed by atoms with van der Waals surface area (Å²) < 4.78 is 5.28. The van der Waals surface area contributed by atoms with E-state index in [1.54, 1.807) is 0 Å². The van der Waals surface area contributed by atoms with E-state index >= 15 is 0 Å². The minimum atomic E-state index is -0.0478. The Morgan fingerprint density at radius 1 is 1.39 bits per heavy atom. The van der Waals surface area contributed by atoms with Gasteiger partial charge in [0.2, 0.25) is 0 Å². The highest BCUT2D eigenvalue weighted by atomic mass is 16.5. The molecule has 1 aromatic heterocycles. The zero-order valence-corrected chi connectivity index (χ0v) is 13.9. The molecule has 3 rings (SSSR count). The van der Waals surface area contributed by atoms with Crippen LogP contribution in [0.1, 0.15) is 48.4 Å². The Balaban J connectivity index is 1.81. The Hall–Kier alpha value is -2.30. The summed E-state index contributed by atoms with van der Waals surface area (Å²) in [6.45, 7) is 6.70. The average molecular weight is 313 g/mol. The summed E-state index contributed by atoms with van der Waals surface area (Å²) in [5, 5.41) is 7.10. The Morgan fingerprint density at radius 3 is 2.87 bits per heavy atom. The van der Waals surface area contributed by atoms with Gasteiger partial charge in [-0.15, -0.1) is 0 Å². The monoisotopic (exact) mass is 313 g/mol.